The number of hydrogen-bond acceptors (Lipinski definition) is 1. The van der Waals surface area contributed by atoms with Crippen LogP contribution in [0.15, 0.2) is 24.3 Å². The minimum absolute atomic E-state index is 0. The van der Waals surface area contributed by atoms with Gasteiger partial charge in [0.2, 0.25) is 0 Å². The Kier molecular flexibility index (Phi) is 13.5. The Hall–Kier alpha value is -0.390. The molecule has 1 atom stereocenters. The number of benzene rings is 1. The molecule has 0 saturated carbocycles. The molecule has 0 aliphatic carbocycles. The number of carbonyl (C=O) groups excluding carboxylic acids is 1. The van der Waals surface area contributed by atoms with Crippen LogP contribution in [0.4, 0.5) is 0 Å². The molecular weight excluding hydrogens is 359 g/mol. The zero-order valence-corrected chi connectivity index (χ0v) is 19.3. The van der Waals surface area contributed by atoms with Crippen LogP contribution in [-0.2, 0) is 0 Å². The van der Waals surface area contributed by atoms with Crippen molar-refractivity contribution in [1.29, 1.82) is 0 Å². The molecule has 0 bridgehead atoms. The fourth-order valence-corrected chi connectivity index (χ4v) is 8.23. The van der Waals surface area contributed by atoms with E-state index in [4.69, 9.17) is 0 Å². The molecule has 3 heteroatoms. The fourth-order valence-electron chi connectivity index (χ4n) is 3.49. The molecule has 150 valence electrons. The highest BCUT2D eigenvalue weighted by Crippen LogP contribution is 2.63. The van der Waals surface area contributed by atoms with Gasteiger partial charge in [-0.25, -0.2) is 4.79 Å². The predicted octanol–water partition coefficient (Wildman–Crippen LogP) is 4.76. The van der Waals surface area contributed by atoms with Gasteiger partial charge in [-0.1, -0.05) is 66.0 Å². The lowest BCUT2D eigenvalue weighted by Gasteiger charge is -2.26. The highest BCUT2D eigenvalue weighted by atomic mass is 35.5. The van der Waals surface area contributed by atoms with E-state index < -0.39 is 7.26 Å². The summed E-state index contributed by atoms with van der Waals surface area (Å²) in [6, 6.07) is 8.61. The smallest absolute Gasteiger partial charge is 0.297 e. The quantitative estimate of drug-likeness (QED) is 0.438. The normalized spacial score (nSPS) is 12.5. The number of rotatable bonds is 13. The summed E-state index contributed by atoms with van der Waals surface area (Å²) in [5, 5.41) is 0. The van der Waals surface area contributed by atoms with Crippen molar-refractivity contribution in [2.24, 2.45) is 0 Å². The van der Waals surface area contributed by atoms with Crippen LogP contribution in [0.25, 0.3) is 0 Å². The Labute approximate surface area is 169 Å². The fraction of sp³-hybridized carbons (Fsp3) is 0.696. The molecule has 0 N–H and O–H groups in total. The molecule has 0 saturated heterocycles. The van der Waals surface area contributed by atoms with E-state index in [0.29, 0.717) is 11.4 Å². The Morgan fingerprint density at radius 3 is 1.62 bits per heavy atom. The van der Waals surface area contributed by atoms with Crippen LogP contribution < -0.4 is 12.4 Å². The highest BCUT2D eigenvalue weighted by Gasteiger charge is 2.44. The van der Waals surface area contributed by atoms with E-state index in [1.807, 2.05) is 0 Å². The molecule has 0 spiro atoms. The molecule has 1 nitrogen and oxygen atoms in total. The number of unbranched alkanes of at least 4 members (excludes halogenated alkanes) is 3. The monoisotopic (exact) mass is 398 g/mol. The van der Waals surface area contributed by atoms with Crippen LogP contribution in [0.2, 0.25) is 0 Å². The zero-order chi connectivity index (χ0) is 18.7. The molecule has 0 fully saturated rings. The number of hydrogen-bond donors (Lipinski definition) is 0. The summed E-state index contributed by atoms with van der Waals surface area (Å²) in [4.78, 5) is 13.6. The highest BCUT2D eigenvalue weighted by molar-refractivity contribution is 7.91. The van der Waals surface area contributed by atoms with E-state index in [9.17, 15) is 4.79 Å². The van der Waals surface area contributed by atoms with Crippen molar-refractivity contribution in [1.82, 2.24) is 0 Å². The van der Waals surface area contributed by atoms with Gasteiger partial charge < -0.3 is 12.4 Å². The summed E-state index contributed by atoms with van der Waals surface area (Å²) < 4.78 is 0. The van der Waals surface area contributed by atoms with Crippen LogP contribution in [0.5, 0.6) is 0 Å². The van der Waals surface area contributed by atoms with Gasteiger partial charge in [0, 0.05) is 0 Å². The van der Waals surface area contributed by atoms with Crippen molar-refractivity contribution in [2.45, 2.75) is 85.5 Å². The summed E-state index contributed by atoms with van der Waals surface area (Å²) >= 11 is 0. The molecule has 0 amide bonds. The number of halogens is 1. The Bertz CT molecular complexity index is 476. The molecular formula is C23H40ClOP. The zero-order valence-electron chi connectivity index (χ0n) is 17.7. The van der Waals surface area contributed by atoms with E-state index >= 15 is 0 Å². The molecule has 1 unspecified atom stereocenters. The Morgan fingerprint density at radius 1 is 0.846 bits per heavy atom. The third-order valence-corrected chi connectivity index (χ3v) is 10.2. The maximum absolute atomic E-state index is 13.6. The average Bonchev–Trinajstić information content (AvgIpc) is 2.66. The second-order valence-corrected chi connectivity index (χ2v) is 11.7. The van der Waals surface area contributed by atoms with Crippen molar-refractivity contribution in [2.75, 3.05) is 18.5 Å². The van der Waals surface area contributed by atoms with Crippen molar-refractivity contribution >= 4 is 12.8 Å². The van der Waals surface area contributed by atoms with Gasteiger partial charge in [-0.05, 0) is 49.3 Å². The van der Waals surface area contributed by atoms with E-state index in [-0.39, 0.29) is 12.4 Å². The van der Waals surface area contributed by atoms with Crippen LogP contribution >= 0.6 is 7.26 Å². The van der Waals surface area contributed by atoms with Crippen molar-refractivity contribution in [3.05, 3.63) is 35.4 Å². The minimum atomic E-state index is -1.54. The lowest BCUT2D eigenvalue weighted by molar-refractivity contribution is -0.0000122. The largest absolute Gasteiger partial charge is 1.00 e. The average molecular weight is 399 g/mol. The molecule has 0 aliphatic rings. The lowest BCUT2D eigenvalue weighted by atomic mass is 9.98. The van der Waals surface area contributed by atoms with E-state index in [0.717, 1.165) is 30.5 Å². The van der Waals surface area contributed by atoms with Gasteiger partial charge in [-0.3, -0.25) is 0 Å². The van der Waals surface area contributed by atoms with Gasteiger partial charge in [-0.15, -0.1) is 0 Å². The maximum Gasteiger partial charge on any atom is 0.297 e. The van der Waals surface area contributed by atoms with E-state index in [1.165, 1.54) is 44.1 Å². The molecule has 0 aliphatic heterocycles. The molecule has 1 rings (SSSR count). The second-order valence-electron chi connectivity index (χ2n) is 7.61. The SMILES string of the molecule is CCCC[P+](CCCC)(CCCC)C(=O)c1ccc(C(C)CC)cc1.[Cl-]. The van der Waals surface area contributed by atoms with Gasteiger partial charge >= 0.3 is 0 Å². The molecule has 1 aromatic carbocycles. The number of carbonyl (C=O) groups is 1. The summed E-state index contributed by atoms with van der Waals surface area (Å²) in [5.74, 6) is 0.573. The van der Waals surface area contributed by atoms with Gasteiger partial charge in [-0.2, -0.15) is 0 Å². The topological polar surface area (TPSA) is 17.1 Å². The van der Waals surface area contributed by atoms with Gasteiger partial charge in [0.15, 0.2) is 0 Å². The summed E-state index contributed by atoms with van der Waals surface area (Å²) in [7, 11) is -1.54. The second kappa shape index (κ2) is 13.7. The minimum Gasteiger partial charge on any atom is -1.00 e. The third kappa shape index (κ3) is 7.32. The van der Waals surface area contributed by atoms with Crippen LogP contribution in [-0.4, -0.2) is 24.0 Å². The van der Waals surface area contributed by atoms with Crippen LogP contribution in [0.1, 0.15) is 101 Å². The van der Waals surface area contributed by atoms with Gasteiger partial charge in [0.25, 0.3) is 5.52 Å². The van der Waals surface area contributed by atoms with Gasteiger partial charge in [0.05, 0.1) is 31.3 Å². The van der Waals surface area contributed by atoms with E-state index in [1.54, 1.807) is 0 Å². The maximum atomic E-state index is 13.6. The van der Waals surface area contributed by atoms with Crippen molar-refractivity contribution in [3.8, 4) is 0 Å². The molecule has 0 heterocycles. The summed E-state index contributed by atoms with van der Waals surface area (Å²) in [5.41, 5.74) is 2.85. The van der Waals surface area contributed by atoms with Crippen molar-refractivity contribution in [3.63, 3.8) is 0 Å². The Balaban J connectivity index is 0.00000625. The third-order valence-electron chi connectivity index (χ3n) is 5.59. The first-order chi connectivity index (χ1) is 12.0. The molecule has 26 heavy (non-hydrogen) atoms. The Morgan fingerprint density at radius 2 is 1.27 bits per heavy atom. The molecule has 1 aromatic rings. The lowest BCUT2D eigenvalue weighted by Crippen LogP contribution is -3.00. The standard InChI is InChI=1S/C23H40OP.ClH/c1-6-10-17-25(18-11-7-2,19-12-8-3)23(24)22-15-13-21(14-16-22)20(5)9-4;/h13-16,20H,6-12,17-19H2,1-5H3;1H/q+1;/p-1. The summed E-state index contributed by atoms with van der Waals surface area (Å²) in [6.45, 7) is 11.2. The first kappa shape index (κ1) is 25.6. The molecule has 0 aromatic heterocycles. The van der Waals surface area contributed by atoms with Crippen LogP contribution in [0, 0.1) is 0 Å². The first-order valence-electron chi connectivity index (χ1n) is 10.6. The predicted molar refractivity (Wildman–Crippen MR) is 116 cm³/mol. The van der Waals surface area contributed by atoms with Gasteiger partial charge in [0.1, 0.15) is 0 Å². The summed E-state index contributed by atoms with van der Waals surface area (Å²) in [6.07, 6.45) is 11.8. The van der Waals surface area contributed by atoms with Crippen LogP contribution in [0.3, 0.4) is 0 Å². The van der Waals surface area contributed by atoms with Crippen molar-refractivity contribution < 1.29 is 17.2 Å². The molecule has 0 radical (unpaired) electrons. The van der Waals surface area contributed by atoms with E-state index in [2.05, 4.69) is 58.9 Å². The first-order valence-corrected chi connectivity index (χ1v) is 12.9.